The molecule has 0 aromatic carbocycles. The summed E-state index contributed by atoms with van der Waals surface area (Å²) in [6.45, 7) is 0. The monoisotopic (exact) mass is 253 g/mol. The van der Waals surface area contributed by atoms with Gasteiger partial charge in [-0.15, -0.1) is 0 Å². The van der Waals surface area contributed by atoms with Gasteiger partial charge in [-0.3, -0.25) is 0 Å². The van der Waals surface area contributed by atoms with Gasteiger partial charge in [-0.25, -0.2) is 9.37 Å². The summed E-state index contributed by atoms with van der Waals surface area (Å²) in [7, 11) is 1.45. The van der Waals surface area contributed by atoms with E-state index >= 15 is 0 Å². The van der Waals surface area contributed by atoms with E-state index in [1.807, 2.05) is 22.6 Å². The minimum atomic E-state index is -0.299. The molecule has 0 aliphatic rings. The maximum Gasteiger partial charge on any atom is 0.215 e. The fourth-order valence-electron chi connectivity index (χ4n) is 0.508. The van der Waals surface area contributed by atoms with E-state index in [2.05, 4.69) is 4.98 Å². The molecule has 0 amide bonds. The van der Waals surface area contributed by atoms with Crippen LogP contribution >= 0.6 is 22.6 Å². The van der Waals surface area contributed by atoms with Crippen LogP contribution in [0.4, 0.5) is 4.39 Å². The van der Waals surface area contributed by atoms with Crippen molar-refractivity contribution in [1.82, 2.24) is 4.98 Å². The summed E-state index contributed by atoms with van der Waals surface area (Å²) >= 11 is 1.86. The van der Waals surface area contributed by atoms with Gasteiger partial charge in [-0.05, 0) is 22.6 Å². The van der Waals surface area contributed by atoms with Crippen molar-refractivity contribution < 1.29 is 9.13 Å². The summed E-state index contributed by atoms with van der Waals surface area (Å²) in [5.41, 5.74) is 0. The number of nitrogens with zero attached hydrogens (tertiary/aromatic N) is 1. The fraction of sp³-hybridized carbons (Fsp3) is 0.167. The van der Waals surface area contributed by atoms with E-state index in [4.69, 9.17) is 4.74 Å². The van der Waals surface area contributed by atoms with E-state index in [1.54, 1.807) is 0 Å². The predicted octanol–water partition coefficient (Wildman–Crippen LogP) is 1.83. The second kappa shape index (κ2) is 3.14. The molecule has 1 rings (SSSR count). The summed E-state index contributed by atoms with van der Waals surface area (Å²) in [6, 6.07) is 1.25. The molecule has 0 bridgehead atoms. The highest BCUT2D eigenvalue weighted by Crippen LogP contribution is 2.13. The molecule has 4 heteroatoms. The lowest BCUT2D eigenvalue weighted by Crippen LogP contribution is -1.90. The molecule has 0 aliphatic carbocycles. The zero-order valence-electron chi connectivity index (χ0n) is 5.27. The molecule has 0 fully saturated rings. The molecule has 0 radical (unpaired) electrons. The fourth-order valence-corrected chi connectivity index (χ4v) is 0.803. The van der Waals surface area contributed by atoms with Crippen LogP contribution < -0.4 is 4.74 Å². The average Bonchev–Trinajstić information content (AvgIpc) is 1.95. The molecule has 10 heavy (non-hydrogen) atoms. The Morgan fingerprint density at radius 3 is 2.90 bits per heavy atom. The number of pyridine rings is 1. The van der Waals surface area contributed by atoms with E-state index in [-0.39, 0.29) is 5.82 Å². The second-order valence-electron chi connectivity index (χ2n) is 1.64. The summed E-state index contributed by atoms with van der Waals surface area (Å²) in [6.07, 6.45) is 1.43. The van der Waals surface area contributed by atoms with Gasteiger partial charge < -0.3 is 4.74 Å². The van der Waals surface area contributed by atoms with E-state index in [9.17, 15) is 4.39 Å². The average molecular weight is 253 g/mol. The SMILES string of the molecule is COc1cc(F)c(I)cn1. The Kier molecular flexibility index (Phi) is 2.42. The number of aromatic nitrogens is 1. The first-order chi connectivity index (χ1) is 4.74. The van der Waals surface area contributed by atoms with Gasteiger partial charge in [0, 0.05) is 12.3 Å². The molecule has 0 aliphatic heterocycles. The number of hydrogen-bond acceptors (Lipinski definition) is 2. The Hall–Kier alpha value is -0.390. The largest absolute Gasteiger partial charge is 0.481 e. The zero-order chi connectivity index (χ0) is 7.56. The van der Waals surface area contributed by atoms with Crippen LogP contribution in [0.2, 0.25) is 0 Å². The molecule has 0 spiro atoms. The topological polar surface area (TPSA) is 22.1 Å². The highest BCUT2D eigenvalue weighted by molar-refractivity contribution is 14.1. The molecule has 1 heterocycles. The van der Waals surface area contributed by atoms with Crippen LogP contribution in [0.1, 0.15) is 0 Å². The highest BCUT2D eigenvalue weighted by Gasteiger charge is 1.99. The van der Waals surface area contributed by atoms with Crippen LogP contribution in [0.5, 0.6) is 5.88 Å². The molecule has 0 unspecified atom stereocenters. The van der Waals surface area contributed by atoms with Gasteiger partial charge in [0.15, 0.2) is 0 Å². The second-order valence-corrected chi connectivity index (χ2v) is 2.80. The van der Waals surface area contributed by atoms with Crippen molar-refractivity contribution in [2.24, 2.45) is 0 Å². The Bertz CT molecular complexity index is 241. The third kappa shape index (κ3) is 1.56. The quantitative estimate of drug-likeness (QED) is 0.712. The molecule has 2 nitrogen and oxygen atoms in total. The predicted molar refractivity (Wildman–Crippen MR) is 43.5 cm³/mol. The minimum Gasteiger partial charge on any atom is -0.481 e. The first kappa shape index (κ1) is 7.71. The maximum atomic E-state index is 12.6. The Morgan fingerprint density at radius 1 is 1.70 bits per heavy atom. The van der Waals surface area contributed by atoms with Crippen molar-refractivity contribution in [1.29, 1.82) is 0 Å². The Balaban J connectivity index is 3.04. The molecule has 1 aromatic rings. The Labute approximate surface area is 71.6 Å². The number of halogens is 2. The van der Waals surface area contributed by atoms with Gasteiger partial charge in [0.2, 0.25) is 5.88 Å². The van der Waals surface area contributed by atoms with Crippen LogP contribution in [-0.2, 0) is 0 Å². The Morgan fingerprint density at radius 2 is 2.40 bits per heavy atom. The summed E-state index contributed by atoms with van der Waals surface area (Å²) in [5.74, 6) is 0.00497. The summed E-state index contributed by atoms with van der Waals surface area (Å²) in [5, 5.41) is 0. The number of ether oxygens (including phenoxy) is 1. The summed E-state index contributed by atoms with van der Waals surface area (Å²) < 4.78 is 17.8. The smallest absolute Gasteiger partial charge is 0.215 e. The lowest BCUT2D eigenvalue weighted by atomic mass is 10.5. The molecule has 54 valence electrons. The number of hydrogen-bond donors (Lipinski definition) is 0. The highest BCUT2D eigenvalue weighted by atomic mass is 127. The van der Waals surface area contributed by atoms with Crippen molar-refractivity contribution in [2.45, 2.75) is 0 Å². The van der Waals surface area contributed by atoms with Gasteiger partial charge in [-0.2, -0.15) is 0 Å². The molecule has 0 atom stereocenters. The van der Waals surface area contributed by atoms with E-state index in [1.165, 1.54) is 19.4 Å². The van der Waals surface area contributed by atoms with Gasteiger partial charge in [0.1, 0.15) is 5.82 Å². The lowest BCUT2D eigenvalue weighted by Gasteiger charge is -1.97. The minimum absolute atomic E-state index is 0.299. The van der Waals surface area contributed by atoms with Crippen molar-refractivity contribution in [3.05, 3.63) is 21.7 Å². The standard InChI is InChI=1S/C6H5FINO/c1-10-6-2-4(7)5(8)3-9-6/h2-3H,1H3. The van der Waals surface area contributed by atoms with Crippen LogP contribution in [0.3, 0.4) is 0 Å². The van der Waals surface area contributed by atoms with Gasteiger partial charge in [-0.1, -0.05) is 0 Å². The van der Waals surface area contributed by atoms with Crippen LogP contribution in [-0.4, -0.2) is 12.1 Å². The summed E-state index contributed by atoms with van der Waals surface area (Å²) in [4.78, 5) is 3.79. The van der Waals surface area contributed by atoms with E-state index in [0.29, 0.717) is 9.45 Å². The number of methoxy groups -OCH3 is 1. The third-order valence-electron chi connectivity index (χ3n) is 0.993. The van der Waals surface area contributed by atoms with Crippen molar-refractivity contribution in [3.63, 3.8) is 0 Å². The molecule has 0 saturated carbocycles. The first-order valence-corrected chi connectivity index (χ1v) is 3.67. The van der Waals surface area contributed by atoms with E-state index in [0.717, 1.165) is 0 Å². The molecule has 1 aromatic heterocycles. The van der Waals surface area contributed by atoms with Gasteiger partial charge in [0.05, 0.1) is 10.7 Å². The number of rotatable bonds is 1. The van der Waals surface area contributed by atoms with Crippen molar-refractivity contribution in [2.75, 3.05) is 7.11 Å². The van der Waals surface area contributed by atoms with Crippen molar-refractivity contribution >= 4 is 22.6 Å². The zero-order valence-corrected chi connectivity index (χ0v) is 7.42. The van der Waals surface area contributed by atoms with Gasteiger partial charge >= 0.3 is 0 Å². The normalized spacial score (nSPS) is 9.50. The van der Waals surface area contributed by atoms with Crippen LogP contribution in [0.15, 0.2) is 12.3 Å². The molecule has 0 N–H and O–H groups in total. The lowest BCUT2D eigenvalue weighted by molar-refractivity contribution is 0.393. The third-order valence-corrected chi connectivity index (χ3v) is 1.79. The van der Waals surface area contributed by atoms with E-state index < -0.39 is 0 Å². The van der Waals surface area contributed by atoms with Gasteiger partial charge in [0.25, 0.3) is 0 Å². The van der Waals surface area contributed by atoms with Crippen LogP contribution in [0.25, 0.3) is 0 Å². The maximum absolute atomic E-state index is 12.6. The molecule has 0 saturated heterocycles. The molecular formula is C6H5FINO. The first-order valence-electron chi connectivity index (χ1n) is 2.59. The van der Waals surface area contributed by atoms with Crippen molar-refractivity contribution in [3.8, 4) is 5.88 Å². The molecular weight excluding hydrogens is 248 g/mol. The van der Waals surface area contributed by atoms with Crippen LogP contribution in [0, 0.1) is 9.39 Å².